The topological polar surface area (TPSA) is 109 Å². The van der Waals surface area contributed by atoms with E-state index in [1.54, 1.807) is 36.4 Å². The zero-order valence-corrected chi connectivity index (χ0v) is 14.2. The van der Waals surface area contributed by atoms with Gasteiger partial charge in [0.05, 0.1) is 17.6 Å². The summed E-state index contributed by atoms with van der Waals surface area (Å²) in [4.78, 5) is 24.4. The number of sulfonamides is 1. The third kappa shape index (κ3) is 2.44. The number of rotatable bonds is 4. The number of esters is 1. The Morgan fingerprint density at radius 3 is 2.65 bits per heavy atom. The van der Waals surface area contributed by atoms with Gasteiger partial charge in [0.2, 0.25) is 0 Å². The van der Waals surface area contributed by atoms with Gasteiger partial charge in [-0.2, -0.15) is 5.10 Å². The molecule has 26 heavy (non-hydrogen) atoms. The summed E-state index contributed by atoms with van der Waals surface area (Å²) in [5, 5.41) is 7.25. The number of amides is 1. The third-order valence-electron chi connectivity index (χ3n) is 4.10. The summed E-state index contributed by atoms with van der Waals surface area (Å²) in [6.45, 7) is -0.525. The van der Waals surface area contributed by atoms with Gasteiger partial charge in [-0.1, -0.05) is 30.3 Å². The number of H-pyrrole nitrogens is 1. The van der Waals surface area contributed by atoms with Gasteiger partial charge in [-0.3, -0.25) is 9.89 Å². The Labute approximate surface area is 148 Å². The molecule has 0 fully saturated rings. The number of benzene rings is 2. The molecule has 1 aliphatic rings. The normalized spacial score (nSPS) is 15.2. The number of nitrogens with one attached hydrogen (secondary N) is 1. The molecule has 0 radical (unpaired) electrons. The molecule has 0 aliphatic carbocycles. The summed E-state index contributed by atoms with van der Waals surface area (Å²) in [6.07, 6.45) is 0. The van der Waals surface area contributed by atoms with E-state index >= 15 is 0 Å². The van der Waals surface area contributed by atoms with E-state index in [0.717, 1.165) is 0 Å². The van der Waals surface area contributed by atoms with Crippen molar-refractivity contribution in [1.29, 1.82) is 0 Å². The molecule has 1 amide bonds. The second kappa shape index (κ2) is 5.95. The number of aromatic amines is 1. The quantitative estimate of drug-likeness (QED) is 0.697. The fraction of sp³-hybridized carbons (Fsp3) is 0.118. The Hall–Kier alpha value is -3.20. The lowest BCUT2D eigenvalue weighted by Gasteiger charge is -2.14. The largest absolute Gasteiger partial charge is 0.459 e. The molecule has 0 saturated heterocycles. The van der Waals surface area contributed by atoms with Crippen molar-refractivity contribution >= 4 is 32.8 Å². The minimum atomic E-state index is -3.91. The number of aromatic nitrogens is 2. The van der Waals surface area contributed by atoms with Crippen LogP contribution in [0.2, 0.25) is 0 Å². The van der Waals surface area contributed by atoms with E-state index in [2.05, 4.69) is 10.2 Å². The van der Waals surface area contributed by atoms with E-state index in [4.69, 9.17) is 4.74 Å². The first kappa shape index (κ1) is 16.3. The summed E-state index contributed by atoms with van der Waals surface area (Å²) in [7, 11) is -3.91. The van der Waals surface area contributed by atoms with Crippen molar-refractivity contribution in [1.82, 2.24) is 14.5 Å². The molecule has 9 heteroatoms. The molecule has 1 aliphatic heterocycles. The first-order chi connectivity index (χ1) is 12.5. The molecular weight excluding hydrogens is 358 g/mol. The highest BCUT2D eigenvalue weighted by Gasteiger charge is 2.40. The molecule has 3 aromatic rings. The number of nitrogens with zero attached hydrogens (tertiary/aromatic N) is 2. The molecular formula is C17H13N3O5S. The zero-order valence-electron chi connectivity index (χ0n) is 13.4. The number of para-hydroxylation sites is 1. The van der Waals surface area contributed by atoms with E-state index in [0.29, 0.717) is 15.2 Å². The predicted octanol–water partition coefficient (Wildman–Crippen LogP) is 1.56. The van der Waals surface area contributed by atoms with Gasteiger partial charge in [0, 0.05) is 5.39 Å². The van der Waals surface area contributed by atoms with E-state index < -0.39 is 21.9 Å². The highest BCUT2D eigenvalue weighted by atomic mass is 32.2. The van der Waals surface area contributed by atoms with Gasteiger partial charge in [0.15, 0.2) is 5.69 Å². The molecule has 0 saturated carbocycles. The molecule has 0 unspecified atom stereocenters. The molecule has 0 spiro atoms. The van der Waals surface area contributed by atoms with Crippen LogP contribution in [0.3, 0.4) is 0 Å². The molecule has 2 aromatic carbocycles. The predicted molar refractivity (Wildman–Crippen MR) is 91.0 cm³/mol. The zero-order chi connectivity index (χ0) is 18.3. The maximum atomic E-state index is 12.4. The van der Waals surface area contributed by atoms with Crippen molar-refractivity contribution in [3.63, 3.8) is 0 Å². The van der Waals surface area contributed by atoms with Gasteiger partial charge in [-0.25, -0.2) is 17.5 Å². The summed E-state index contributed by atoms with van der Waals surface area (Å²) < 4.78 is 30.7. The van der Waals surface area contributed by atoms with Crippen LogP contribution in [0.4, 0.5) is 0 Å². The van der Waals surface area contributed by atoms with Gasteiger partial charge in [0.25, 0.3) is 15.9 Å². The number of ether oxygens (including phenoxy) is 1. The SMILES string of the molecule is O=C(OCCN1C(=O)c2ccccc2S1(=O)=O)c1n[nH]c2ccccc12. The lowest BCUT2D eigenvalue weighted by Crippen LogP contribution is -2.33. The lowest BCUT2D eigenvalue weighted by molar-refractivity contribution is 0.0473. The standard InChI is InChI=1S/C17H13N3O5S/c21-16-12-6-2-4-8-14(12)26(23,24)20(16)9-10-25-17(22)15-11-5-1-3-7-13(11)18-19-15/h1-8H,9-10H2,(H,18,19). The Morgan fingerprint density at radius 2 is 1.85 bits per heavy atom. The van der Waals surface area contributed by atoms with Crippen LogP contribution in [0.25, 0.3) is 10.9 Å². The van der Waals surface area contributed by atoms with Crippen molar-refractivity contribution < 1.29 is 22.7 Å². The van der Waals surface area contributed by atoms with Crippen LogP contribution >= 0.6 is 0 Å². The number of carbonyl (C=O) groups is 2. The van der Waals surface area contributed by atoms with Crippen LogP contribution in [-0.4, -0.2) is 47.9 Å². The van der Waals surface area contributed by atoms with Gasteiger partial charge >= 0.3 is 5.97 Å². The molecule has 0 atom stereocenters. The monoisotopic (exact) mass is 371 g/mol. The minimum absolute atomic E-state index is 0.0328. The average molecular weight is 371 g/mol. The van der Waals surface area contributed by atoms with Crippen LogP contribution in [0.1, 0.15) is 20.8 Å². The summed E-state index contributed by atoms with van der Waals surface area (Å²) in [5.74, 6) is -1.31. The van der Waals surface area contributed by atoms with E-state index in [1.165, 1.54) is 12.1 Å². The lowest BCUT2D eigenvalue weighted by atomic mass is 10.2. The molecule has 4 rings (SSSR count). The fourth-order valence-electron chi connectivity index (χ4n) is 2.86. The van der Waals surface area contributed by atoms with Gasteiger partial charge < -0.3 is 4.74 Å². The van der Waals surface area contributed by atoms with Crippen molar-refractivity contribution in [3.05, 3.63) is 59.8 Å². The van der Waals surface area contributed by atoms with E-state index in [-0.39, 0.29) is 29.3 Å². The number of carbonyl (C=O) groups excluding carboxylic acids is 2. The number of fused-ring (bicyclic) bond motifs is 2. The maximum Gasteiger partial charge on any atom is 0.359 e. The average Bonchev–Trinajstić information content (AvgIpc) is 3.15. The molecule has 8 nitrogen and oxygen atoms in total. The van der Waals surface area contributed by atoms with Crippen LogP contribution in [0, 0.1) is 0 Å². The molecule has 1 aromatic heterocycles. The van der Waals surface area contributed by atoms with Crippen molar-refractivity contribution in [2.24, 2.45) is 0 Å². The third-order valence-corrected chi connectivity index (χ3v) is 5.94. The summed E-state index contributed by atoms with van der Waals surface area (Å²) >= 11 is 0. The second-order valence-electron chi connectivity index (χ2n) is 5.63. The summed E-state index contributed by atoms with van der Waals surface area (Å²) in [5.41, 5.74) is 0.920. The molecule has 0 bridgehead atoms. The van der Waals surface area contributed by atoms with Crippen LogP contribution in [-0.2, 0) is 14.8 Å². The van der Waals surface area contributed by atoms with Gasteiger partial charge in [-0.05, 0) is 18.2 Å². The van der Waals surface area contributed by atoms with Crippen molar-refractivity contribution in [2.75, 3.05) is 13.2 Å². The first-order valence-corrected chi connectivity index (χ1v) is 9.20. The Kier molecular flexibility index (Phi) is 3.73. The van der Waals surface area contributed by atoms with Gasteiger partial charge in [-0.15, -0.1) is 0 Å². The van der Waals surface area contributed by atoms with Gasteiger partial charge in [0.1, 0.15) is 11.5 Å². The Bertz CT molecular complexity index is 1140. The van der Waals surface area contributed by atoms with E-state index in [1.807, 2.05) is 0 Å². The number of hydrogen-bond donors (Lipinski definition) is 1. The van der Waals surface area contributed by atoms with E-state index in [9.17, 15) is 18.0 Å². The minimum Gasteiger partial charge on any atom is -0.459 e. The summed E-state index contributed by atoms with van der Waals surface area (Å²) in [6, 6.07) is 13.0. The fourth-order valence-corrected chi connectivity index (χ4v) is 4.41. The number of hydrogen-bond acceptors (Lipinski definition) is 6. The highest BCUT2D eigenvalue weighted by molar-refractivity contribution is 7.90. The molecule has 1 N–H and O–H groups in total. The molecule has 2 heterocycles. The Morgan fingerprint density at radius 1 is 1.12 bits per heavy atom. The van der Waals surface area contributed by atoms with Crippen LogP contribution < -0.4 is 0 Å². The Balaban J connectivity index is 1.47. The second-order valence-corrected chi connectivity index (χ2v) is 7.46. The van der Waals surface area contributed by atoms with Crippen LogP contribution in [0.15, 0.2) is 53.4 Å². The highest BCUT2D eigenvalue weighted by Crippen LogP contribution is 2.29. The van der Waals surface area contributed by atoms with Crippen molar-refractivity contribution in [3.8, 4) is 0 Å². The van der Waals surface area contributed by atoms with Crippen molar-refractivity contribution in [2.45, 2.75) is 4.90 Å². The van der Waals surface area contributed by atoms with Crippen LogP contribution in [0.5, 0.6) is 0 Å². The maximum absolute atomic E-state index is 12.4. The molecule has 132 valence electrons. The first-order valence-electron chi connectivity index (χ1n) is 7.76. The smallest absolute Gasteiger partial charge is 0.359 e.